The second-order valence-electron chi connectivity index (χ2n) is 3.47. The van der Waals surface area contributed by atoms with Crippen molar-refractivity contribution in [2.75, 3.05) is 20.3 Å². The van der Waals surface area contributed by atoms with Crippen LogP contribution in [0.3, 0.4) is 0 Å². The fourth-order valence-electron chi connectivity index (χ4n) is 1.38. The Hall–Kier alpha value is -0.540. The Morgan fingerprint density at radius 3 is 3.15 bits per heavy atom. The van der Waals surface area contributed by atoms with Crippen molar-refractivity contribution in [1.29, 1.82) is 0 Å². The van der Waals surface area contributed by atoms with E-state index in [-0.39, 0.29) is 0 Å². The summed E-state index contributed by atoms with van der Waals surface area (Å²) in [6.07, 6.45) is 6.45. The molecule has 0 aliphatic carbocycles. The third kappa shape index (κ3) is 4.29. The molecule has 0 radical (unpaired) electrons. The highest BCUT2D eigenvalue weighted by molar-refractivity contribution is 4.83. The number of methoxy groups -OCH3 is 1. The van der Waals surface area contributed by atoms with Crippen molar-refractivity contribution in [3.63, 3.8) is 0 Å². The van der Waals surface area contributed by atoms with Gasteiger partial charge in [-0.25, -0.2) is 0 Å². The maximum Gasteiger partial charge on any atom is 0.110 e. The highest BCUT2D eigenvalue weighted by Gasteiger charge is 2.11. The maximum absolute atomic E-state index is 5.42. The highest BCUT2D eigenvalue weighted by Crippen LogP contribution is 2.08. The van der Waals surface area contributed by atoms with Gasteiger partial charge in [0.15, 0.2) is 0 Å². The van der Waals surface area contributed by atoms with Crippen LogP contribution >= 0.6 is 0 Å². The molecule has 0 spiro atoms. The topological polar surface area (TPSA) is 30.5 Å². The van der Waals surface area contributed by atoms with E-state index in [2.05, 4.69) is 18.3 Å². The van der Waals surface area contributed by atoms with Gasteiger partial charge in [-0.2, -0.15) is 0 Å². The van der Waals surface area contributed by atoms with E-state index in [0.29, 0.717) is 12.1 Å². The van der Waals surface area contributed by atoms with Crippen molar-refractivity contribution in [3.8, 4) is 0 Å². The average Bonchev–Trinajstić information content (AvgIpc) is 2.17. The molecule has 1 heterocycles. The summed E-state index contributed by atoms with van der Waals surface area (Å²) in [6, 6.07) is 0.402. The Kier molecular flexibility index (Phi) is 4.86. The molecule has 1 aliphatic heterocycles. The van der Waals surface area contributed by atoms with Crippen molar-refractivity contribution in [2.45, 2.75) is 31.9 Å². The van der Waals surface area contributed by atoms with Gasteiger partial charge in [0, 0.05) is 19.7 Å². The summed E-state index contributed by atoms with van der Waals surface area (Å²) in [5.74, 6) is 0. The van der Waals surface area contributed by atoms with Gasteiger partial charge >= 0.3 is 0 Å². The standard InChI is InChI=1S/C10H19NO2/c1-9(8-12-2)11-7-10-5-3-4-6-13-10/h4,6,9-11H,3,5,7-8H2,1-2H3. The van der Waals surface area contributed by atoms with Crippen molar-refractivity contribution >= 4 is 0 Å². The fraction of sp³-hybridized carbons (Fsp3) is 0.800. The molecule has 2 unspecified atom stereocenters. The van der Waals surface area contributed by atoms with E-state index in [4.69, 9.17) is 9.47 Å². The van der Waals surface area contributed by atoms with E-state index in [0.717, 1.165) is 26.0 Å². The molecule has 1 rings (SSSR count). The molecule has 1 aliphatic rings. The number of hydrogen-bond acceptors (Lipinski definition) is 3. The Balaban J connectivity index is 2.07. The Labute approximate surface area is 80.1 Å². The van der Waals surface area contributed by atoms with Crippen LogP contribution in [0.5, 0.6) is 0 Å². The predicted molar refractivity (Wildman–Crippen MR) is 52.6 cm³/mol. The lowest BCUT2D eigenvalue weighted by Gasteiger charge is -2.22. The molecule has 0 fully saturated rings. The Morgan fingerprint density at radius 2 is 2.54 bits per heavy atom. The lowest BCUT2D eigenvalue weighted by Crippen LogP contribution is -2.37. The highest BCUT2D eigenvalue weighted by atomic mass is 16.5. The van der Waals surface area contributed by atoms with Crippen LogP contribution in [0.1, 0.15) is 19.8 Å². The van der Waals surface area contributed by atoms with Gasteiger partial charge in [-0.15, -0.1) is 0 Å². The first-order valence-corrected chi connectivity index (χ1v) is 4.85. The molecule has 0 saturated heterocycles. The van der Waals surface area contributed by atoms with Crippen LogP contribution in [0, 0.1) is 0 Å². The lowest BCUT2D eigenvalue weighted by atomic mass is 10.1. The zero-order chi connectivity index (χ0) is 9.52. The summed E-state index contributed by atoms with van der Waals surface area (Å²) in [5, 5.41) is 3.37. The first-order chi connectivity index (χ1) is 6.33. The molecule has 0 aromatic heterocycles. The Bertz CT molecular complexity index is 159. The van der Waals surface area contributed by atoms with E-state index in [1.54, 1.807) is 13.4 Å². The largest absolute Gasteiger partial charge is 0.497 e. The monoisotopic (exact) mass is 185 g/mol. The summed E-state index contributed by atoms with van der Waals surface area (Å²) in [6.45, 7) is 3.78. The number of hydrogen-bond donors (Lipinski definition) is 1. The Morgan fingerprint density at radius 1 is 1.69 bits per heavy atom. The van der Waals surface area contributed by atoms with Gasteiger partial charge in [0.1, 0.15) is 6.10 Å². The molecule has 0 aromatic rings. The molecule has 0 amide bonds. The van der Waals surface area contributed by atoms with Crippen LogP contribution in [0.4, 0.5) is 0 Å². The van der Waals surface area contributed by atoms with Crippen molar-refractivity contribution in [1.82, 2.24) is 5.32 Å². The zero-order valence-corrected chi connectivity index (χ0v) is 8.45. The van der Waals surface area contributed by atoms with E-state index >= 15 is 0 Å². The van der Waals surface area contributed by atoms with E-state index in [1.807, 2.05) is 0 Å². The molecular weight excluding hydrogens is 166 g/mol. The van der Waals surface area contributed by atoms with Crippen LogP contribution in [-0.4, -0.2) is 32.4 Å². The average molecular weight is 185 g/mol. The zero-order valence-electron chi connectivity index (χ0n) is 8.45. The third-order valence-corrected chi connectivity index (χ3v) is 2.13. The normalized spacial score (nSPS) is 24.0. The molecule has 76 valence electrons. The first-order valence-electron chi connectivity index (χ1n) is 4.85. The minimum atomic E-state index is 0.337. The molecule has 1 N–H and O–H groups in total. The van der Waals surface area contributed by atoms with Crippen LogP contribution in [0.25, 0.3) is 0 Å². The summed E-state index contributed by atoms with van der Waals surface area (Å²) in [7, 11) is 1.72. The number of nitrogens with one attached hydrogen (secondary N) is 1. The number of allylic oxidation sites excluding steroid dienone is 1. The molecule has 3 nitrogen and oxygen atoms in total. The van der Waals surface area contributed by atoms with Gasteiger partial charge < -0.3 is 14.8 Å². The minimum Gasteiger partial charge on any atom is -0.497 e. The molecule has 13 heavy (non-hydrogen) atoms. The summed E-state index contributed by atoms with van der Waals surface area (Å²) >= 11 is 0. The van der Waals surface area contributed by atoms with Gasteiger partial charge in [0.2, 0.25) is 0 Å². The molecule has 2 atom stereocenters. The number of ether oxygens (including phenoxy) is 2. The van der Waals surface area contributed by atoms with Crippen molar-refractivity contribution in [2.24, 2.45) is 0 Å². The fourth-order valence-corrected chi connectivity index (χ4v) is 1.38. The molecule has 0 bridgehead atoms. The van der Waals surface area contributed by atoms with Crippen LogP contribution in [0.2, 0.25) is 0 Å². The molecule has 0 saturated carbocycles. The SMILES string of the molecule is COCC(C)NCC1CCC=CO1. The lowest BCUT2D eigenvalue weighted by molar-refractivity contribution is 0.110. The predicted octanol–water partition coefficient (Wildman–Crippen LogP) is 1.30. The number of rotatable bonds is 5. The quantitative estimate of drug-likeness (QED) is 0.700. The van der Waals surface area contributed by atoms with Gasteiger partial charge in [-0.3, -0.25) is 0 Å². The molecule has 3 heteroatoms. The van der Waals surface area contributed by atoms with Crippen LogP contribution in [-0.2, 0) is 9.47 Å². The minimum absolute atomic E-state index is 0.337. The van der Waals surface area contributed by atoms with E-state index in [9.17, 15) is 0 Å². The van der Waals surface area contributed by atoms with Gasteiger partial charge in [-0.05, 0) is 25.8 Å². The first kappa shape index (κ1) is 10.5. The summed E-state index contributed by atoms with van der Waals surface area (Å²) in [4.78, 5) is 0. The van der Waals surface area contributed by atoms with Gasteiger partial charge in [0.05, 0.1) is 12.9 Å². The van der Waals surface area contributed by atoms with Gasteiger partial charge in [-0.1, -0.05) is 0 Å². The van der Waals surface area contributed by atoms with Crippen molar-refractivity contribution in [3.05, 3.63) is 12.3 Å². The summed E-state index contributed by atoms with van der Waals surface area (Å²) in [5.41, 5.74) is 0. The molecule has 0 aromatic carbocycles. The molecular formula is C10H19NO2. The maximum atomic E-state index is 5.42. The third-order valence-electron chi connectivity index (χ3n) is 2.13. The van der Waals surface area contributed by atoms with Gasteiger partial charge in [0.25, 0.3) is 0 Å². The second kappa shape index (κ2) is 6.00. The summed E-state index contributed by atoms with van der Waals surface area (Å²) < 4.78 is 10.4. The van der Waals surface area contributed by atoms with Crippen LogP contribution < -0.4 is 5.32 Å². The van der Waals surface area contributed by atoms with Crippen LogP contribution in [0.15, 0.2) is 12.3 Å². The van der Waals surface area contributed by atoms with E-state index in [1.165, 1.54) is 0 Å². The van der Waals surface area contributed by atoms with Crippen molar-refractivity contribution < 1.29 is 9.47 Å². The van der Waals surface area contributed by atoms with E-state index < -0.39 is 0 Å². The second-order valence-corrected chi connectivity index (χ2v) is 3.47. The smallest absolute Gasteiger partial charge is 0.110 e.